The van der Waals surface area contributed by atoms with Gasteiger partial charge in [-0.1, -0.05) is 23.2 Å². The van der Waals surface area contributed by atoms with Crippen LogP contribution in [-0.4, -0.2) is 35.0 Å². The van der Waals surface area contributed by atoms with Crippen LogP contribution in [0.2, 0.25) is 10.0 Å². The summed E-state index contributed by atoms with van der Waals surface area (Å²) < 4.78 is 5.44. The van der Waals surface area contributed by atoms with Crippen molar-refractivity contribution in [3.8, 4) is 5.75 Å². The van der Waals surface area contributed by atoms with Crippen LogP contribution in [-0.2, 0) is 17.8 Å². The van der Waals surface area contributed by atoms with Gasteiger partial charge in [0.25, 0.3) is 5.91 Å². The van der Waals surface area contributed by atoms with E-state index in [2.05, 4.69) is 29.0 Å². The monoisotopic (exact) mass is 399 g/mol. The normalized spacial score (nSPS) is 14.4. The van der Waals surface area contributed by atoms with E-state index < -0.39 is 0 Å². The molecule has 0 aliphatic carbocycles. The molecule has 25 heavy (non-hydrogen) atoms. The Morgan fingerprint density at radius 2 is 2.24 bits per heavy atom. The number of carbonyl (C=O) groups excluding carboxylic acids is 1. The molecule has 1 amide bonds. The Hall–Kier alpha value is -1.34. The van der Waals surface area contributed by atoms with Crippen molar-refractivity contribution >= 4 is 45.6 Å². The fourth-order valence-electron chi connectivity index (χ4n) is 2.60. The molecule has 0 saturated carbocycles. The summed E-state index contributed by atoms with van der Waals surface area (Å²) in [5.74, 6) is 0.157. The van der Waals surface area contributed by atoms with Crippen molar-refractivity contribution in [1.82, 2.24) is 9.88 Å². The molecule has 1 N–H and O–H groups in total. The summed E-state index contributed by atoms with van der Waals surface area (Å²) in [4.78, 5) is 20.2. The van der Waals surface area contributed by atoms with Gasteiger partial charge in [0.1, 0.15) is 5.75 Å². The number of hydrogen-bond donors (Lipinski definition) is 1. The summed E-state index contributed by atoms with van der Waals surface area (Å²) in [7, 11) is 0. The summed E-state index contributed by atoms with van der Waals surface area (Å²) in [6.45, 7) is 6.13. The minimum absolute atomic E-state index is 0.135. The quantitative estimate of drug-likeness (QED) is 0.816. The first-order valence-electron chi connectivity index (χ1n) is 8.02. The predicted octanol–water partition coefficient (Wildman–Crippen LogP) is 4.23. The highest BCUT2D eigenvalue weighted by molar-refractivity contribution is 7.15. The molecule has 0 radical (unpaired) electrons. The Bertz CT molecular complexity index is 779. The summed E-state index contributed by atoms with van der Waals surface area (Å²) in [5.41, 5.74) is 1.08. The van der Waals surface area contributed by atoms with Crippen molar-refractivity contribution in [3.05, 3.63) is 38.8 Å². The lowest BCUT2D eigenvalue weighted by molar-refractivity contribution is -0.118. The first-order valence-corrected chi connectivity index (χ1v) is 9.60. The number of halogens is 2. The molecular formula is C17H19Cl2N3O2S. The van der Waals surface area contributed by atoms with Crippen LogP contribution in [0.1, 0.15) is 24.4 Å². The van der Waals surface area contributed by atoms with Crippen molar-refractivity contribution < 1.29 is 9.53 Å². The molecule has 5 nitrogen and oxygen atoms in total. The minimum Gasteiger partial charge on any atom is -0.482 e. The second-order valence-electron chi connectivity index (χ2n) is 6.11. The fourth-order valence-corrected chi connectivity index (χ4v) is 4.11. The van der Waals surface area contributed by atoms with Crippen molar-refractivity contribution in [1.29, 1.82) is 0 Å². The molecule has 0 unspecified atom stereocenters. The van der Waals surface area contributed by atoms with Gasteiger partial charge in [0.2, 0.25) is 0 Å². The molecule has 0 fully saturated rings. The summed E-state index contributed by atoms with van der Waals surface area (Å²) in [6, 6.07) is 5.38. The standard InChI is InChI=1S/C17H19Cl2N3O2S/c1-10(2)22-6-5-13-15(8-22)25-17(20-13)21-16(23)9-24-14-4-3-11(18)7-12(14)19/h3-4,7,10H,5-6,8-9H2,1-2H3,(H,20,21,23). The average Bonchev–Trinajstić information content (AvgIpc) is 2.95. The summed E-state index contributed by atoms with van der Waals surface area (Å²) in [5, 5.41) is 4.31. The molecule has 3 rings (SSSR count). The molecule has 0 bridgehead atoms. The van der Waals surface area contributed by atoms with Crippen LogP contribution in [0.4, 0.5) is 5.13 Å². The number of ether oxygens (including phenoxy) is 1. The van der Waals surface area contributed by atoms with Gasteiger partial charge >= 0.3 is 0 Å². The Kier molecular flexibility index (Phi) is 5.84. The number of carbonyl (C=O) groups is 1. The molecule has 1 aliphatic rings. The van der Waals surface area contributed by atoms with E-state index in [1.165, 1.54) is 16.2 Å². The van der Waals surface area contributed by atoms with E-state index in [0.29, 0.717) is 27.0 Å². The minimum atomic E-state index is -0.266. The van der Waals surface area contributed by atoms with Crippen molar-refractivity contribution in [3.63, 3.8) is 0 Å². The zero-order chi connectivity index (χ0) is 18.0. The van der Waals surface area contributed by atoms with E-state index in [1.54, 1.807) is 18.2 Å². The van der Waals surface area contributed by atoms with Gasteiger partial charge in [-0.15, -0.1) is 11.3 Å². The predicted molar refractivity (Wildman–Crippen MR) is 102 cm³/mol. The third-order valence-corrected chi connectivity index (χ3v) is 5.52. The maximum Gasteiger partial charge on any atom is 0.264 e. The molecule has 2 aromatic rings. The molecule has 2 heterocycles. The highest BCUT2D eigenvalue weighted by atomic mass is 35.5. The highest BCUT2D eigenvalue weighted by Crippen LogP contribution is 2.30. The van der Waals surface area contributed by atoms with E-state index in [1.807, 2.05) is 0 Å². The number of nitrogens with one attached hydrogen (secondary N) is 1. The number of thiazole rings is 1. The van der Waals surface area contributed by atoms with Crippen LogP contribution < -0.4 is 10.1 Å². The third kappa shape index (κ3) is 4.64. The first kappa shape index (κ1) is 18.5. The van der Waals surface area contributed by atoms with Crippen LogP contribution in [0.3, 0.4) is 0 Å². The molecule has 0 atom stereocenters. The number of benzene rings is 1. The second kappa shape index (κ2) is 7.91. The van der Waals surface area contributed by atoms with Crippen molar-refractivity contribution in [2.24, 2.45) is 0 Å². The van der Waals surface area contributed by atoms with Gasteiger partial charge < -0.3 is 4.74 Å². The Morgan fingerprint density at radius 1 is 1.44 bits per heavy atom. The van der Waals surface area contributed by atoms with E-state index in [-0.39, 0.29) is 12.5 Å². The Balaban J connectivity index is 1.57. The first-order chi connectivity index (χ1) is 11.9. The lowest BCUT2D eigenvalue weighted by Gasteiger charge is -2.29. The Labute approximate surface area is 160 Å². The Morgan fingerprint density at radius 3 is 2.96 bits per heavy atom. The zero-order valence-electron chi connectivity index (χ0n) is 14.0. The van der Waals surface area contributed by atoms with Gasteiger partial charge in [0, 0.05) is 35.5 Å². The SMILES string of the molecule is CC(C)N1CCc2nc(NC(=O)COc3ccc(Cl)cc3Cl)sc2C1. The van der Waals surface area contributed by atoms with Gasteiger partial charge in [0.15, 0.2) is 11.7 Å². The van der Waals surface area contributed by atoms with Crippen LogP contribution in [0.15, 0.2) is 18.2 Å². The molecule has 1 aliphatic heterocycles. The maximum absolute atomic E-state index is 12.1. The van der Waals surface area contributed by atoms with Gasteiger partial charge in [-0.25, -0.2) is 4.98 Å². The number of rotatable bonds is 5. The number of anilines is 1. The van der Waals surface area contributed by atoms with E-state index >= 15 is 0 Å². The van der Waals surface area contributed by atoms with Gasteiger partial charge in [-0.3, -0.25) is 15.0 Å². The smallest absolute Gasteiger partial charge is 0.264 e. The molecule has 0 saturated heterocycles. The van der Waals surface area contributed by atoms with Crippen molar-refractivity contribution in [2.75, 3.05) is 18.5 Å². The maximum atomic E-state index is 12.1. The number of nitrogens with zero attached hydrogens (tertiary/aromatic N) is 2. The van der Waals surface area contributed by atoms with E-state index in [4.69, 9.17) is 27.9 Å². The fraction of sp³-hybridized carbons (Fsp3) is 0.412. The van der Waals surface area contributed by atoms with Crippen LogP contribution in [0.25, 0.3) is 0 Å². The second-order valence-corrected chi connectivity index (χ2v) is 8.04. The van der Waals surface area contributed by atoms with Gasteiger partial charge in [-0.05, 0) is 32.0 Å². The van der Waals surface area contributed by atoms with Crippen LogP contribution in [0.5, 0.6) is 5.75 Å². The van der Waals surface area contributed by atoms with Gasteiger partial charge in [0.05, 0.1) is 10.7 Å². The molecule has 1 aromatic heterocycles. The zero-order valence-corrected chi connectivity index (χ0v) is 16.3. The lowest BCUT2D eigenvalue weighted by Crippen LogP contribution is -2.35. The summed E-state index contributed by atoms with van der Waals surface area (Å²) >= 11 is 13.4. The third-order valence-electron chi connectivity index (χ3n) is 3.99. The van der Waals surface area contributed by atoms with Gasteiger partial charge in [-0.2, -0.15) is 0 Å². The topological polar surface area (TPSA) is 54.5 Å². The van der Waals surface area contributed by atoms with E-state index in [9.17, 15) is 4.79 Å². The lowest BCUT2D eigenvalue weighted by atomic mass is 10.1. The largest absolute Gasteiger partial charge is 0.482 e. The number of amides is 1. The molecule has 134 valence electrons. The molecule has 1 aromatic carbocycles. The number of aromatic nitrogens is 1. The average molecular weight is 400 g/mol. The van der Waals surface area contributed by atoms with Crippen LogP contribution in [0, 0.1) is 0 Å². The molecule has 0 spiro atoms. The molecular weight excluding hydrogens is 381 g/mol. The highest BCUT2D eigenvalue weighted by Gasteiger charge is 2.22. The molecule has 8 heteroatoms. The van der Waals surface area contributed by atoms with Crippen LogP contribution >= 0.6 is 34.5 Å². The number of hydrogen-bond acceptors (Lipinski definition) is 5. The van der Waals surface area contributed by atoms with Crippen molar-refractivity contribution in [2.45, 2.75) is 32.9 Å². The summed E-state index contributed by atoms with van der Waals surface area (Å²) in [6.07, 6.45) is 0.913. The van der Waals surface area contributed by atoms with E-state index in [0.717, 1.165) is 25.2 Å². The number of fused-ring (bicyclic) bond motifs is 1.